The Balaban J connectivity index is 2.45. The molecule has 1 aliphatic rings. The van der Waals surface area contributed by atoms with Crippen LogP contribution in [0.25, 0.3) is 0 Å². The SMILES string of the molecule is CC(CC(=O)O)C1CCCN(CC(=O)N(C)C)C1. The summed E-state index contributed by atoms with van der Waals surface area (Å²) in [6.07, 6.45) is 2.34. The van der Waals surface area contributed by atoms with E-state index in [0.717, 1.165) is 25.9 Å². The highest BCUT2D eigenvalue weighted by atomic mass is 16.4. The van der Waals surface area contributed by atoms with Crippen molar-refractivity contribution < 1.29 is 14.7 Å². The van der Waals surface area contributed by atoms with Gasteiger partial charge in [-0.15, -0.1) is 0 Å². The fourth-order valence-corrected chi connectivity index (χ4v) is 2.47. The molecule has 18 heavy (non-hydrogen) atoms. The molecular formula is C13H24N2O3. The third-order valence-corrected chi connectivity index (χ3v) is 3.70. The summed E-state index contributed by atoms with van der Waals surface area (Å²) in [5.74, 6) is -0.0462. The molecule has 0 aromatic heterocycles. The van der Waals surface area contributed by atoms with Crippen LogP contribution in [0.4, 0.5) is 0 Å². The molecule has 1 N–H and O–H groups in total. The summed E-state index contributed by atoms with van der Waals surface area (Å²) in [7, 11) is 3.52. The van der Waals surface area contributed by atoms with E-state index in [1.165, 1.54) is 0 Å². The summed E-state index contributed by atoms with van der Waals surface area (Å²) in [5, 5.41) is 8.82. The molecule has 1 fully saturated rings. The van der Waals surface area contributed by atoms with E-state index in [4.69, 9.17) is 5.11 Å². The van der Waals surface area contributed by atoms with Crippen molar-refractivity contribution in [3.8, 4) is 0 Å². The maximum atomic E-state index is 11.7. The standard InChI is InChI=1S/C13H24N2O3/c1-10(7-13(17)18)11-5-4-6-15(8-11)9-12(16)14(2)3/h10-11H,4-9H2,1-3H3,(H,17,18). The average molecular weight is 256 g/mol. The molecule has 0 aromatic rings. The lowest BCUT2D eigenvalue weighted by Crippen LogP contribution is -2.43. The minimum atomic E-state index is -0.732. The number of aliphatic carboxylic acids is 1. The second-order valence-electron chi connectivity index (χ2n) is 5.50. The maximum absolute atomic E-state index is 11.7. The van der Waals surface area contributed by atoms with Crippen LogP contribution in [0.1, 0.15) is 26.2 Å². The molecule has 5 heteroatoms. The fourth-order valence-electron chi connectivity index (χ4n) is 2.47. The number of rotatable bonds is 5. The Hall–Kier alpha value is -1.10. The van der Waals surface area contributed by atoms with E-state index in [1.54, 1.807) is 19.0 Å². The number of likely N-dealkylation sites (tertiary alicyclic amines) is 1. The second kappa shape index (κ2) is 6.73. The first-order chi connectivity index (χ1) is 8.40. The van der Waals surface area contributed by atoms with Gasteiger partial charge in [-0.05, 0) is 31.2 Å². The van der Waals surface area contributed by atoms with Gasteiger partial charge in [0.2, 0.25) is 5.91 Å². The Morgan fingerprint density at radius 1 is 1.44 bits per heavy atom. The lowest BCUT2D eigenvalue weighted by atomic mass is 9.84. The highest BCUT2D eigenvalue weighted by Gasteiger charge is 2.27. The first-order valence-electron chi connectivity index (χ1n) is 6.54. The Bertz CT molecular complexity index is 305. The first kappa shape index (κ1) is 15.0. The number of amides is 1. The molecular weight excluding hydrogens is 232 g/mol. The Kier molecular flexibility index (Phi) is 5.59. The number of likely N-dealkylation sites (N-methyl/N-ethyl adjacent to an activating group) is 1. The van der Waals surface area contributed by atoms with Crippen LogP contribution >= 0.6 is 0 Å². The lowest BCUT2D eigenvalue weighted by molar-refractivity contribution is -0.139. The maximum Gasteiger partial charge on any atom is 0.303 e. The van der Waals surface area contributed by atoms with E-state index < -0.39 is 5.97 Å². The topological polar surface area (TPSA) is 60.9 Å². The van der Waals surface area contributed by atoms with E-state index in [9.17, 15) is 9.59 Å². The van der Waals surface area contributed by atoms with Gasteiger partial charge in [0.05, 0.1) is 6.54 Å². The van der Waals surface area contributed by atoms with Crippen LogP contribution in [-0.2, 0) is 9.59 Å². The van der Waals surface area contributed by atoms with Gasteiger partial charge >= 0.3 is 5.97 Å². The fraction of sp³-hybridized carbons (Fsp3) is 0.846. The van der Waals surface area contributed by atoms with Gasteiger partial charge in [0, 0.05) is 27.1 Å². The van der Waals surface area contributed by atoms with E-state index in [2.05, 4.69) is 4.90 Å². The van der Waals surface area contributed by atoms with Crippen LogP contribution in [0, 0.1) is 11.8 Å². The molecule has 1 amide bonds. The lowest BCUT2D eigenvalue weighted by Gasteiger charge is -2.35. The molecule has 0 aliphatic carbocycles. The van der Waals surface area contributed by atoms with Crippen LogP contribution in [0.2, 0.25) is 0 Å². The number of piperidine rings is 1. The van der Waals surface area contributed by atoms with E-state index in [1.807, 2.05) is 6.92 Å². The summed E-state index contributed by atoms with van der Waals surface area (Å²) < 4.78 is 0. The van der Waals surface area contributed by atoms with Crippen LogP contribution in [0.15, 0.2) is 0 Å². The van der Waals surface area contributed by atoms with Crippen molar-refractivity contribution in [2.45, 2.75) is 26.2 Å². The van der Waals surface area contributed by atoms with Crippen molar-refractivity contribution in [2.75, 3.05) is 33.7 Å². The number of carbonyl (C=O) groups excluding carboxylic acids is 1. The van der Waals surface area contributed by atoms with Crippen molar-refractivity contribution >= 4 is 11.9 Å². The number of hydrogen-bond donors (Lipinski definition) is 1. The summed E-state index contributed by atoms with van der Waals surface area (Å²) in [5.41, 5.74) is 0. The van der Waals surface area contributed by atoms with Crippen molar-refractivity contribution in [2.24, 2.45) is 11.8 Å². The first-order valence-corrected chi connectivity index (χ1v) is 6.54. The Morgan fingerprint density at radius 3 is 2.67 bits per heavy atom. The van der Waals surface area contributed by atoms with Gasteiger partial charge in [0.1, 0.15) is 0 Å². The molecule has 2 atom stereocenters. The predicted molar refractivity (Wildman–Crippen MR) is 69.3 cm³/mol. The Morgan fingerprint density at radius 2 is 2.11 bits per heavy atom. The van der Waals surface area contributed by atoms with Crippen LogP contribution in [-0.4, -0.2) is 60.5 Å². The highest BCUT2D eigenvalue weighted by Crippen LogP contribution is 2.25. The Labute approximate surface area is 109 Å². The molecule has 0 saturated carbocycles. The molecule has 104 valence electrons. The molecule has 0 spiro atoms. The van der Waals surface area contributed by atoms with Gasteiger partial charge in [0.15, 0.2) is 0 Å². The summed E-state index contributed by atoms with van der Waals surface area (Å²) in [6, 6.07) is 0. The van der Waals surface area contributed by atoms with Crippen molar-refractivity contribution in [3.63, 3.8) is 0 Å². The molecule has 1 aliphatic heterocycles. The van der Waals surface area contributed by atoms with Crippen molar-refractivity contribution in [1.82, 2.24) is 9.80 Å². The monoisotopic (exact) mass is 256 g/mol. The van der Waals surface area contributed by atoms with E-state index in [0.29, 0.717) is 12.5 Å². The van der Waals surface area contributed by atoms with E-state index in [-0.39, 0.29) is 18.2 Å². The minimum absolute atomic E-state index is 0.113. The molecule has 1 heterocycles. The zero-order valence-corrected chi connectivity index (χ0v) is 11.6. The van der Waals surface area contributed by atoms with Crippen LogP contribution in [0.3, 0.4) is 0 Å². The van der Waals surface area contributed by atoms with Crippen LogP contribution in [0.5, 0.6) is 0 Å². The number of carboxylic acids is 1. The van der Waals surface area contributed by atoms with Gasteiger partial charge in [-0.3, -0.25) is 14.5 Å². The molecule has 5 nitrogen and oxygen atoms in total. The summed E-state index contributed by atoms with van der Waals surface area (Å²) in [6.45, 7) is 4.23. The zero-order valence-electron chi connectivity index (χ0n) is 11.6. The van der Waals surface area contributed by atoms with Crippen molar-refractivity contribution in [1.29, 1.82) is 0 Å². The summed E-state index contributed by atoms with van der Waals surface area (Å²) >= 11 is 0. The molecule has 0 bridgehead atoms. The van der Waals surface area contributed by atoms with Gasteiger partial charge in [-0.2, -0.15) is 0 Å². The number of nitrogens with zero attached hydrogens (tertiary/aromatic N) is 2. The minimum Gasteiger partial charge on any atom is -0.481 e. The number of carbonyl (C=O) groups is 2. The third kappa shape index (κ3) is 4.64. The summed E-state index contributed by atoms with van der Waals surface area (Å²) in [4.78, 5) is 26.1. The normalized spacial score (nSPS) is 22.5. The zero-order chi connectivity index (χ0) is 13.7. The van der Waals surface area contributed by atoms with Gasteiger partial charge in [0.25, 0.3) is 0 Å². The molecule has 1 saturated heterocycles. The smallest absolute Gasteiger partial charge is 0.303 e. The van der Waals surface area contributed by atoms with Gasteiger partial charge < -0.3 is 10.0 Å². The largest absolute Gasteiger partial charge is 0.481 e. The molecule has 1 rings (SSSR count). The second-order valence-corrected chi connectivity index (χ2v) is 5.50. The van der Waals surface area contributed by atoms with Gasteiger partial charge in [-0.25, -0.2) is 0 Å². The quantitative estimate of drug-likeness (QED) is 0.794. The molecule has 0 aromatic carbocycles. The van der Waals surface area contributed by atoms with Crippen molar-refractivity contribution in [3.05, 3.63) is 0 Å². The number of hydrogen-bond acceptors (Lipinski definition) is 3. The highest BCUT2D eigenvalue weighted by molar-refractivity contribution is 5.77. The molecule has 2 unspecified atom stereocenters. The van der Waals surface area contributed by atoms with Gasteiger partial charge in [-0.1, -0.05) is 6.92 Å². The average Bonchev–Trinajstić information content (AvgIpc) is 2.28. The molecule has 0 radical (unpaired) electrons. The van der Waals surface area contributed by atoms with Crippen LogP contribution < -0.4 is 0 Å². The predicted octanol–water partition coefficient (Wildman–Crippen LogP) is 0.897. The van der Waals surface area contributed by atoms with E-state index >= 15 is 0 Å². The third-order valence-electron chi connectivity index (χ3n) is 3.70. The number of carboxylic acid groups (broad SMARTS) is 1.